The molecule has 0 radical (unpaired) electrons. The summed E-state index contributed by atoms with van der Waals surface area (Å²) in [5.74, 6) is 0. The molecule has 7 heteroatoms. The van der Waals surface area contributed by atoms with Gasteiger partial charge in [0.25, 0.3) is 0 Å². The third-order valence-electron chi connectivity index (χ3n) is 3.30. The van der Waals surface area contributed by atoms with Crippen molar-refractivity contribution in [1.29, 1.82) is 0 Å². The number of aliphatic hydroxyl groups excluding tert-OH is 1. The number of para-hydroxylation sites is 1. The van der Waals surface area contributed by atoms with Crippen molar-refractivity contribution in [1.82, 2.24) is 10.3 Å². The fourth-order valence-corrected chi connectivity index (χ4v) is 2.73. The van der Waals surface area contributed by atoms with Crippen LogP contribution in [0.1, 0.15) is 11.4 Å². The number of nitrogens with zero attached hydrogens (tertiary/aromatic N) is 1. The molecule has 0 aliphatic carbocycles. The number of carbonyl (C=O) groups is 1. The molecule has 0 fully saturated rings. The van der Waals surface area contributed by atoms with Gasteiger partial charge < -0.3 is 20.5 Å². The van der Waals surface area contributed by atoms with Gasteiger partial charge in [-0.15, -0.1) is 11.3 Å². The number of aryl methyl sites for hydroxylation is 1. The SMILES string of the molecule is COCC[C@@H](CO)NC(=O)Nc1ccccc1-c1csc(C)n1. The third kappa shape index (κ3) is 5.02. The standard InChI is InChI=1S/C16H21N3O3S/c1-11-17-15(10-23-11)13-5-3-4-6-14(13)19-16(21)18-12(9-20)7-8-22-2/h3-6,10,12,20H,7-9H2,1-2H3,(H2,18,19,21)/t12-/m0/s1. The van der Waals surface area contributed by atoms with Crippen LogP contribution in [0.15, 0.2) is 29.6 Å². The number of methoxy groups -OCH3 is 1. The fourth-order valence-electron chi connectivity index (χ4n) is 2.12. The molecule has 0 saturated carbocycles. The van der Waals surface area contributed by atoms with Gasteiger partial charge in [0.2, 0.25) is 0 Å². The molecule has 2 aromatic rings. The van der Waals surface area contributed by atoms with Crippen molar-refractivity contribution >= 4 is 23.1 Å². The van der Waals surface area contributed by atoms with E-state index in [0.29, 0.717) is 18.7 Å². The molecule has 1 atom stereocenters. The average Bonchev–Trinajstić information content (AvgIpc) is 2.98. The van der Waals surface area contributed by atoms with Gasteiger partial charge in [-0.2, -0.15) is 0 Å². The maximum Gasteiger partial charge on any atom is 0.319 e. The largest absolute Gasteiger partial charge is 0.394 e. The van der Waals surface area contributed by atoms with Gasteiger partial charge in [0.15, 0.2) is 0 Å². The average molecular weight is 335 g/mol. The van der Waals surface area contributed by atoms with E-state index >= 15 is 0 Å². The predicted molar refractivity (Wildman–Crippen MR) is 91.8 cm³/mol. The van der Waals surface area contributed by atoms with E-state index in [9.17, 15) is 9.90 Å². The van der Waals surface area contributed by atoms with Gasteiger partial charge in [-0.25, -0.2) is 9.78 Å². The first-order valence-electron chi connectivity index (χ1n) is 7.33. The Kier molecular flexibility index (Phi) is 6.52. The van der Waals surface area contributed by atoms with Crippen molar-refractivity contribution in [2.75, 3.05) is 25.6 Å². The zero-order chi connectivity index (χ0) is 16.7. The number of aliphatic hydroxyl groups is 1. The minimum Gasteiger partial charge on any atom is -0.394 e. The lowest BCUT2D eigenvalue weighted by atomic mass is 10.1. The number of rotatable bonds is 7. The zero-order valence-electron chi connectivity index (χ0n) is 13.2. The zero-order valence-corrected chi connectivity index (χ0v) is 14.0. The van der Waals surface area contributed by atoms with E-state index in [2.05, 4.69) is 15.6 Å². The van der Waals surface area contributed by atoms with Crippen molar-refractivity contribution in [3.05, 3.63) is 34.7 Å². The number of hydrogen-bond acceptors (Lipinski definition) is 5. The molecule has 2 amide bonds. The maximum atomic E-state index is 12.1. The van der Waals surface area contributed by atoms with Crippen LogP contribution in [-0.4, -0.2) is 42.5 Å². The Labute approximate surface area is 139 Å². The van der Waals surface area contributed by atoms with Crippen LogP contribution in [0.3, 0.4) is 0 Å². The monoisotopic (exact) mass is 335 g/mol. The Balaban J connectivity index is 2.06. The van der Waals surface area contributed by atoms with Gasteiger partial charge in [-0.3, -0.25) is 0 Å². The second kappa shape index (κ2) is 8.61. The molecule has 0 unspecified atom stereocenters. The van der Waals surface area contributed by atoms with Crippen LogP contribution in [0.2, 0.25) is 0 Å². The first-order chi connectivity index (χ1) is 11.1. The Hall–Kier alpha value is -1.96. The Morgan fingerprint density at radius 1 is 1.43 bits per heavy atom. The topological polar surface area (TPSA) is 83.5 Å². The minimum absolute atomic E-state index is 0.135. The molecule has 0 aliphatic rings. The summed E-state index contributed by atoms with van der Waals surface area (Å²) in [6, 6.07) is 6.79. The van der Waals surface area contributed by atoms with Crippen molar-refractivity contribution in [3.63, 3.8) is 0 Å². The van der Waals surface area contributed by atoms with Crippen LogP contribution in [0.4, 0.5) is 10.5 Å². The number of urea groups is 1. The van der Waals surface area contributed by atoms with Crippen molar-refractivity contribution < 1.29 is 14.6 Å². The van der Waals surface area contributed by atoms with Crippen molar-refractivity contribution in [2.24, 2.45) is 0 Å². The summed E-state index contributed by atoms with van der Waals surface area (Å²) in [6.45, 7) is 2.28. The number of aromatic nitrogens is 1. The molecule has 1 aromatic carbocycles. The summed E-state index contributed by atoms with van der Waals surface area (Å²) in [5.41, 5.74) is 2.38. The highest BCUT2D eigenvalue weighted by Crippen LogP contribution is 2.28. The molecule has 2 rings (SSSR count). The smallest absolute Gasteiger partial charge is 0.319 e. The quantitative estimate of drug-likeness (QED) is 0.726. The Bertz CT molecular complexity index is 645. The first-order valence-corrected chi connectivity index (χ1v) is 8.21. The van der Waals surface area contributed by atoms with Gasteiger partial charge in [-0.05, 0) is 19.4 Å². The molecular formula is C16H21N3O3S. The number of ether oxygens (including phenoxy) is 1. The first kappa shape index (κ1) is 17.4. The van der Waals surface area contributed by atoms with Crippen molar-refractivity contribution in [2.45, 2.75) is 19.4 Å². The normalized spacial score (nSPS) is 12.0. The molecular weight excluding hydrogens is 314 g/mol. The molecule has 0 aliphatic heterocycles. The summed E-state index contributed by atoms with van der Waals surface area (Å²) >= 11 is 1.56. The Morgan fingerprint density at radius 2 is 2.22 bits per heavy atom. The van der Waals surface area contributed by atoms with Gasteiger partial charge in [0, 0.05) is 24.7 Å². The highest BCUT2D eigenvalue weighted by Gasteiger charge is 2.14. The Morgan fingerprint density at radius 3 is 2.87 bits per heavy atom. The fraction of sp³-hybridized carbons (Fsp3) is 0.375. The van der Waals surface area contributed by atoms with Gasteiger partial charge >= 0.3 is 6.03 Å². The van der Waals surface area contributed by atoms with Crippen LogP contribution in [0.5, 0.6) is 0 Å². The van der Waals surface area contributed by atoms with E-state index in [1.165, 1.54) is 0 Å². The van der Waals surface area contributed by atoms with Gasteiger partial charge in [0.1, 0.15) is 0 Å². The number of anilines is 1. The van der Waals surface area contributed by atoms with E-state index in [0.717, 1.165) is 16.3 Å². The van der Waals surface area contributed by atoms with Crippen LogP contribution in [-0.2, 0) is 4.74 Å². The second-order valence-corrected chi connectivity index (χ2v) is 6.12. The lowest BCUT2D eigenvalue weighted by molar-refractivity contribution is 0.161. The minimum atomic E-state index is -0.362. The predicted octanol–water partition coefficient (Wildman–Crippen LogP) is 2.64. The highest BCUT2D eigenvalue weighted by atomic mass is 32.1. The van der Waals surface area contributed by atoms with E-state index in [-0.39, 0.29) is 18.7 Å². The van der Waals surface area contributed by atoms with Gasteiger partial charge in [-0.1, -0.05) is 18.2 Å². The summed E-state index contributed by atoms with van der Waals surface area (Å²) < 4.78 is 4.96. The van der Waals surface area contributed by atoms with E-state index in [4.69, 9.17) is 4.74 Å². The summed E-state index contributed by atoms with van der Waals surface area (Å²) in [6.07, 6.45) is 0.549. The lowest BCUT2D eigenvalue weighted by Crippen LogP contribution is -2.40. The molecule has 0 spiro atoms. The molecule has 1 aromatic heterocycles. The molecule has 1 heterocycles. The van der Waals surface area contributed by atoms with Crippen LogP contribution in [0.25, 0.3) is 11.3 Å². The third-order valence-corrected chi connectivity index (χ3v) is 4.07. The molecule has 0 saturated heterocycles. The van der Waals surface area contributed by atoms with Crippen LogP contribution >= 0.6 is 11.3 Å². The van der Waals surface area contributed by atoms with E-state index in [1.54, 1.807) is 18.4 Å². The maximum absolute atomic E-state index is 12.1. The van der Waals surface area contributed by atoms with Gasteiger partial charge in [0.05, 0.1) is 29.0 Å². The summed E-state index contributed by atoms with van der Waals surface area (Å²) in [4.78, 5) is 16.6. The number of carbonyl (C=O) groups excluding carboxylic acids is 1. The number of amides is 2. The number of nitrogens with one attached hydrogen (secondary N) is 2. The molecule has 124 valence electrons. The van der Waals surface area contributed by atoms with Crippen LogP contribution in [0, 0.1) is 6.92 Å². The molecule has 0 bridgehead atoms. The van der Waals surface area contributed by atoms with Crippen molar-refractivity contribution in [3.8, 4) is 11.3 Å². The highest BCUT2D eigenvalue weighted by molar-refractivity contribution is 7.09. The number of benzene rings is 1. The molecule has 23 heavy (non-hydrogen) atoms. The lowest BCUT2D eigenvalue weighted by Gasteiger charge is -2.17. The summed E-state index contributed by atoms with van der Waals surface area (Å²) in [7, 11) is 1.58. The molecule has 6 nitrogen and oxygen atoms in total. The number of hydrogen-bond donors (Lipinski definition) is 3. The van der Waals surface area contributed by atoms with E-state index < -0.39 is 0 Å². The van der Waals surface area contributed by atoms with Crippen LogP contribution < -0.4 is 10.6 Å². The number of thiazole rings is 1. The second-order valence-electron chi connectivity index (χ2n) is 5.06. The van der Waals surface area contributed by atoms with E-state index in [1.807, 2.05) is 36.6 Å². The molecule has 3 N–H and O–H groups in total. The summed E-state index contributed by atoms with van der Waals surface area (Å²) in [5, 5.41) is 17.8.